The third-order valence-corrected chi connectivity index (χ3v) is 5.36. The number of aromatic amines is 1. The van der Waals surface area contributed by atoms with E-state index in [1.807, 2.05) is 30.3 Å². The van der Waals surface area contributed by atoms with E-state index in [1.165, 1.54) is 0 Å². The quantitative estimate of drug-likeness (QED) is 0.689. The van der Waals surface area contributed by atoms with Gasteiger partial charge in [-0.3, -0.25) is 5.10 Å². The minimum Gasteiger partial charge on any atom is -0.420 e. The normalized spacial score (nSPS) is 15.4. The molecule has 0 unspecified atom stereocenters. The number of benzene rings is 2. The summed E-state index contributed by atoms with van der Waals surface area (Å²) in [6.45, 7) is 6.15. The van der Waals surface area contributed by atoms with Gasteiger partial charge in [0.2, 0.25) is 11.8 Å². The number of nitrogens with two attached hydrogens (primary N) is 1. The van der Waals surface area contributed by atoms with Crippen LogP contribution in [0.2, 0.25) is 0 Å². The summed E-state index contributed by atoms with van der Waals surface area (Å²) in [5.41, 5.74) is 11.2. The Bertz CT molecular complexity index is 1070. The average Bonchev–Trinajstić information content (AvgIpc) is 3.18. The van der Waals surface area contributed by atoms with Gasteiger partial charge in [-0.05, 0) is 37.1 Å². The molecule has 0 amide bonds. The second-order valence-corrected chi connectivity index (χ2v) is 6.87. The van der Waals surface area contributed by atoms with E-state index in [9.17, 15) is 5.26 Å². The Morgan fingerprint density at radius 1 is 1.10 bits per heavy atom. The molecule has 0 aliphatic carbocycles. The molecule has 4 rings (SSSR count). The molecule has 146 valence electrons. The van der Waals surface area contributed by atoms with E-state index in [4.69, 9.17) is 10.5 Å². The predicted molar refractivity (Wildman–Crippen MR) is 113 cm³/mol. The highest BCUT2D eigenvalue weighted by Gasteiger charge is 2.35. The lowest BCUT2D eigenvalue weighted by atomic mass is 9.83. The van der Waals surface area contributed by atoms with Crippen molar-refractivity contribution in [1.29, 1.82) is 5.26 Å². The lowest BCUT2D eigenvalue weighted by Gasteiger charge is -2.25. The lowest BCUT2D eigenvalue weighted by Crippen LogP contribution is -2.22. The lowest BCUT2D eigenvalue weighted by molar-refractivity contribution is 0.379. The second-order valence-electron chi connectivity index (χ2n) is 6.87. The molecule has 1 atom stereocenters. The molecule has 6 heteroatoms. The van der Waals surface area contributed by atoms with Crippen LogP contribution >= 0.6 is 0 Å². The zero-order chi connectivity index (χ0) is 20.4. The molecule has 1 aliphatic heterocycles. The van der Waals surface area contributed by atoms with Crippen molar-refractivity contribution in [3.05, 3.63) is 77.2 Å². The van der Waals surface area contributed by atoms with Crippen LogP contribution in [-0.2, 0) is 0 Å². The average molecular weight is 385 g/mol. The molecule has 0 saturated heterocycles. The predicted octanol–water partition coefficient (Wildman–Crippen LogP) is 4.14. The highest BCUT2D eigenvalue weighted by molar-refractivity contribution is 5.71. The number of nitrogens with zero attached hydrogens (tertiary/aromatic N) is 3. The molecule has 1 aliphatic rings. The summed E-state index contributed by atoms with van der Waals surface area (Å²) in [4.78, 5) is 2.28. The second kappa shape index (κ2) is 7.72. The molecule has 3 aromatic rings. The Hall–Kier alpha value is -3.72. The molecular formula is C23H23N5O. The van der Waals surface area contributed by atoms with Crippen molar-refractivity contribution in [2.75, 3.05) is 18.0 Å². The number of nitrogens with one attached hydrogen (secondary N) is 1. The van der Waals surface area contributed by atoms with Crippen LogP contribution in [0.1, 0.15) is 30.9 Å². The number of hydrogen-bond acceptors (Lipinski definition) is 5. The van der Waals surface area contributed by atoms with Gasteiger partial charge < -0.3 is 15.4 Å². The van der Waals surface area contributed by atoms with Crippen LogP contribution in [0.3, 0.4) is 0 Å². The number of hydrogen-bond donors (Lipinski definition) is 2. The maximum atomic E-state index is 9.83. The standard InChI is InChI=1S/C23H23N5O/c1-3-28(4-2)17-12-10-15(11-13-17)19-18(14-24)22(25)29-23-20(19)21(26-27-23)16-8-6-5-7-9-16/h5-13,19H,3-4,25H2,1-2H3,(H,26,27)/t19-/m0/s1. The Morgan fingerprint density at radius 2 is 1.79 bits per heavy atom. The zero-order valence-corrected chi connectivity index (χ0v) is 16.5. The summed E-state index contributed by atoms with van der Waals surface area (Å²) in [7, 11) is 0. The van der Waals surface area contributed by atoms with Crippen LogP contribution in [0.5, 0.6) is 5.88 Å². The van der Waals surface area contributed by atoms with Crippen molar-refractivity contribution < 1.29 is 4.74 Å². The fourth-order valence-corrected chi connectivity index (χ4v) is 3.87. The minimum atomic E-state index is -0.344. The maximum absolute atomic E-state index is 9.83. The van der Waals surface area contributed by atoms with Gasteiger partial charge in [0.1, 0.15) is 11.6 Å². The molecule has 2 heterocycles. The summed E-state index contributed by atoms with van der Waals surface area (Å²) in [5.74, 6) is 0.172. The third kappa shape index (κ3) is 3.21. The number of nitriles is 1. The number of allylic oxidation sites excluding steroid dienone is 1. The van der Waals surface area contributed by atoms with Crippen molar-refractivity contribution in [2.45, 2.75) is 19.8 Å². The monoisotopic (exact) mass is 385 g/mol. The van der Waals surface area contributed by atoms with E-state index >= 15 is 0 Å². The number of fused-ring (bicyclic) bond motifs is 1. The largest absolute Gasteiger partial charge is 0.420 e. The van der Waals surface area contributed by atoms with E-state index in [1.54, 1.807) is 0 Å². The topological polar surface area (TPSA) is 91.0 Å². The fraction of sp³-hybridized carbons (Fsp3) is 0.217. The number of ether oxygens (including phenoxy) is 1. The van der Waals surface area contributed by atoms with Crippen molar-refractivity contribution >= 4 is 5.69 Å². The SMILES string of the molecule is CCN(CC)c1ccc([C@H]2C(C#N)=C(N)Oc3n[nH]c(-c4ccccc4)c32)cc1. The molecule has 0 bridgehead atoms. The van der Waals surface area contributed by atoms with Crippen molar-refractivity contribution in [3.8, 4) is 23.2 Å². The van der Waals surface area contributed by atoms with Gasteiger partial charge in [-0.2, -0.15) is 5.26 Å². The van der Waals surface area contributed by atoms with E-state index in [2.05, 4.69) is 59.3 Å². The first-order valence-corrected chi connectivity index (χ1v) is 9.74. The summed E-state index contributed by atoms with van der Waals surface area (Å²) < 4.78 is 5.67. The van der Waals surface area contributed by atoms with Gasteiger partial charge in [-0.15, -0.1) is 5.10 Å². The van der Waals surface area contributed by atoms with Crippen LogP contribution in [0.25, 0.3) is 11.3 Å². The van der Waals surface area contributed by atoms with Crippen LogP contribution < -0.4 is 15.4 Å². The van der Waals surface area contributed by atoms with Gasteiger partial charge in [0.05, 0.1) is 17.2 Å². The molecule has 0 fully saturated rings. The third-order valence-electron chi connectivity index (χ3n) is 5.36. The highest BCUT2D eigenvalue weighted by Crippen LogP contribution is 2.45. The van der Waals surface area contributed by atoms with Gasteiger partial charge in [0, 0.05) is 18.8 Å². The molecule has 0 spiro atoms. The smallest absolute Gasteiger partial charge is 0.244 e. The van der Waals surface area contributed by atoms with Crippen LogP contribution in [0.15, 0.2) is 66.1 Å². The van der Waals surface area contributed by atoms with E-state index in [0.29, 0.717) is 11.5 Å². The van der Waals surface area contributed by atoms with E-state index in [-0.39, 0.29) is 11.8 Å². The van der Waals surface area contributed by atoms with Gasteiger partial charge in [-0.25, -0.2) is 0 Å². The first-order chi connectivity index (χ1) is 14.2. The van der Waals surface area contributed by atoms with Crippen molar-refractivity contribution in [2.24, 2.45) is 5.73 Å². The first kappa shape index (κ1) is 18.6. The van der Waals surface area contributed by atoms with Gasteiger partial charge in [0.15, 0.2) is 0 Å². The molecule has 1 aromatic heterocycles. The fourth-order valence-electron chi connectivity index (χ4n) is 3.87. The Morgan fingerprint density at radius 3 is 2.41 bits per heavy atom. The van der Waals surface area contributed by atoms with Gasteiger partial charge in [-0.1, -0.05) is 42.5 Å². The van der Waals surface area contributed by atoms with Crippen molar-refractivity contribution in [3.63, 3.8) is 0 Å². The Kier molecular flexibility index (Phi) is 4.96. The Balaban J connectivity index is 1.85. The summed E-state index contributed by atoms with van der Waals surface area (Å²) in [5, 5.41) is 17.2. The van der Waals surface area contributed by atoms with Gasteiger partial charge in [0.25, 0.3) is 0 Å². The van der Waals surface area contributed by atoms with Crippen LogP contribution in [0.4, 0.5) is 5.69 Å². The molecule has 29 heavy (non-hydrogen) atoms. The number of rotatable bonds is 5. The highest BCUT2D eigenvalue weighted by atomic mass is 16.5. The molecule has 0 radical (unpaired) electrons. The molecule has 2 aromatic carbocycles. The summed E-state index contributed by atoms with van der Waals surface area (Å²) >= 11 is 0. The van der Waals surface area contributed by atoms with Gasteiger partial charge >= 0.3 is 0 Å². The molecular weight excluding hydrogens is 362 g/mol. The zero-order valence-electron chi connectivity index (χ0n) is 16.5. The minimum absolute atomic E-state index is 0.101. The van der Waals surface area contributed by atoms with Crippen LogP contribution in [-0.4, -0.2) is 23.3 Å². The number of anilines is 1. The van der Waals surface area contributed by atoms with Crippen LogP contribution in [0, 0.1) is 11.3 Å². The number of H-pyrrole nitrogens is 1. The summed E-state index contributed by atoms with van der Waals surface area (Å²) in [6.07, 6.45) is 0. The first-order valence-electron chi connectivity index (χ1n) is 9.74. The Labute approximate surface area is 170 Å². The molecule has 3 N–H and O–H groups in total. The molecule has 0 saturated carbocycles. The van der Waals surface area contributed by atoms with Crippen molar-refractivity contribution in [1.82, 2.24) is 10.2 Å². The summed E-state index contributed by atoms with van der Waals surface area (Å²) in [6, 6.07) is 20.4. The van der Waals surface area contributed by atoms with E-state index < -0.39 is 0 Å². The molecule has 6 nitrogen and oxygen atoms in total. The van der Waals surface area contributed by atoms with E-state index in [0.717, 1.165) is 41.2 Å². The number of aromatic nitrogens is 2. The maximum Gasteiger partial charge on any atom is 0.244 e.